The van der Waals surface area contributed by atoms with E-state index >= 15 is 0 Å². The van der Waals surface area contributed by atoms with Crippen molar-refractivity contribution in [3.05, 3.63) is 11.6 Å². The third-order valence-electron chi connectivity index (χ3n) is 4.35. The van der Waals surface area contributed by atoms with Crippen LogP contribution in [0.2, 0.25) is 0 Å². The van der Waals surface area contributed by atoms with Crippen molar-refractivity contribution in [2.75, 3.05) is 0 Å². The van der Waals surface area contributed by atoms with Crippen LogP contribution in [0.1, 0.15) is 74.1 Å². The third kappa shape index (κ3) is 5.19. The van der Waals surface area contributed by atoms with Gasteiger partial charge in [0, 0.05) is 6.42 Å². The maximum Gasteiger partial charge on any atom is 0.191 e. The van der Waals surface area contributed by atoms with Crippen LogP contribution >= 0.6 is 0 Å². The summed E-state index contributed by atoms with van der Waals surface area (Å²) in [6, 6.07) is 0. The van der Waals surface area contributed by atoms with E-state index in [9.17, 15) is 0 Å². The van der Waals surface area contributed by atoms with Gasteiger partial charge in [0.15, 0.2) is 6.29 Å². The third-order valence-corrected chi connectivity index (χ3v) is 4.35. The van der Waals surface area contributed by atoms with E-state index in [-0.39, 0.29) is 11.9 Å². The topological polar surface area (TPSA) is 27.7 Å². The van der Waals surface area contributed by atoms with Gasteiger partial charge in [0.25, 0.3) is 0 Å². The Labute approximate surface area is 124 Å². The van der Waals surface area contributed by atoms with E-state index in [0.29, 0.717) is 5.92 Å². The Morgan fingerprint density at radius 1 is 1.10 bits per heavy atom. The van der Waals surface area contributed by atoms with E-state index in [1.807, 2.05) is 13.8 Å². The van der Waals surface area contributed by atoms with Gasteiger partial charge in [-0.25, -0.2) is 9.78 Å². The van der Waals surface area contributed by atoms with Crippen LogP contribution in [0.5, 0.6) is 0 Å². The quantitative estimate of drug-likeness (QED) is 0.507. The molecule has 118 valence electrons. The summed E-state index contributed by atoms with van der Waals surface area (Å²) in [7, 11) is 0. The van der Waals surface area contributed by atoms with Crippen molar-refractivity contribution in [2.45, 2.75) is 91.6 Å². The molecule has 0 aliphatic carbocycles. The van der Waals surface area contributed by atoms with Gasteiger partial charge in [0.2, 0.25) is 0 Å². The highest BCUT2D eigenvalue weighted by Gasteiger charge is 2.46. The number of rotatable bonds is 6. The molecule has 0 bridgehead atoms. The second-order valence-electron chi connectivity index (χ2n) is 7.29. The summed E-state index contributed by atoms with van der Waals surface area (Å²) in [6.07, 6.45) is 6.41. The van der Waals surface area contributed by atoms with Gasteiger partial charge < -0.3 is 4.74 Å². The van der Waals surface area contributed by atoms with Crippen LogP contribution in [0.15, 0.2) is 11.6 Å². The summed E-state index contributed by atoms with van der Waals surface area (Å²) < 4.78 is 6.02. The first-order valence-electron chi connectivity index (χ1n) is 7.80. The van der Waals surface area contributed by atoms with Crippen LogP contribution in [0.4, 0.5) is 0 Å². The summed E-state index contributed by atoms with van der Waals surface area (Å²) in [5, 5.41) is 0. The van der Waals surface area contributed by atoms with Crippen molar-refractivity contribution in [2.24, 2.45) is 5.92 Å². The van der Waals surface area contributed by atoms with Crippen molar-refractivity contribution in [1.29, 1.82) is 0 Å². The first kappa shape index (κ1) is 17.7. The van der Waals surface area contributed by atoms with Crippen LogP contribution in [0.25, 0.3) is 0 Å². The Balaban J connectivity index is 2.31. The Morgan fingerprint density at radius 2 is 1.75 bits per heavy atom. The SMILES string of the molecule is CC(C)=CCCC(C)CCC1OOC(C)(C)C(C)(C)O1. The molecule has 3 nitrogen and oxygen atoms in total. The molecule has 1 aliphatic rings. The molecule has 0 saturated carbocycles. The molecule has 1 fully saturated rings. The zero-order valence-corrected chi connectivity index (χ0v) is 14.3. The van der Waals surface area contributed by atoms with Crippen molar-refractivity contribution < 1.29 is 14.5 Å². The molecule has 0 aromatic carbocycles. The maximum atomic E-state index is 6.02. The number of allylic oxidation sites excluding steroid dienone is 2. The molecule has 1 rings (SSSR count). The smallest absolute Gasteiger partial charge is 0.191 e. The number of hydrogen-bond acceptors (Lipinski definition) is 3. The Morgan fingerprint density at radius 3 is 2.30 bits per heavy atom. The highest BCUT2D eigenvalue weighted by molar-refractivity contribution is 4.93. The highest BCUT2D eigenvalue weighted by atomic mass is 17.2. The van der Waals surface area contributed by atoms with Crippen LogP contribution in [-0.2, 0) is 14.5 Å². The molecule has 0 aromatic rings. The standard InChI is InChI=1S/C17H32O3/c1-13(2)9-8-10-14(3)11-12-15-18-16(4,5)17(6,7)20-19-15/h9,14-15H,8,10-12H2,1-7H3. The molecule has 2 atom stereocenters. The fourth-order valence-electron chi connectivity index (χ4n) is 2.09. The highest BCUT2D eigenvalue weighted by Crippen LogP contribution is 2.36. The normalized spacial score (nSPS) is 26.1. The zero-order valence-electron chi connectivity index (χ0n) is 14.3. The molecular weight excluding hydrogens is 252 g/mol. The minimum absolute atomic E-state index is 0.246. The first-order valence-corrected chi connectivity index (χ1v) is 7.80. The fraction of sp³-hybridized carbons (Fsp3) is 0.882. The van der Waals surface area contributed by atoms with Crippen LogP contribution in [0, 0.1) is 5.92 Å². The van der Waals surface area contributed by atoms with Crippen molar-refractivity contribution in [3.63, 3.8) is 0 Å². The Hall–Kier alpha value is -0.380. The zero-order chi connectivity index (χ0) is 15.4. The number of hydrogen-bond donors (Lipinski definition) is 0. The van der Waals surface area contributed by atoms with Gasteiger partial charge in [-0.2, -0.15) is 0 Å². The molecule has 0 spiro atoms. The Kier molecular flexibility index (Phi) is 6.24. The molecule has 0 radical (unpaired) electrons. The molecule has 0 amide bonds. The van der Waals surface area contributed by atoms with Gasteiger partial charge in [0.1, 0.15) is 5.60 Å². The van der Waals surface area contributed by atoms with E-state index in [1.54, 1.807) is 0 Å². The average Bonchev–Trinajstić information content (AvgIpc) is 2.30. The molecule has 2 unspecified atom stereocenters. The minimum atomic E-state index is -0.418. The molecular formula is C17H32O3. The summed E-state index contributed by atoms with van der Waals surface area (Å²) >= 11 is 0. The minimum Gasteiger partial charge on any atom is -0.341 e. The van der Waals surface area contributed by atoms with E-state index in [4.69, 9.17) is 14.5 Å². The van der Waals surface area contributed by atoms with Gasteiger partial charge in [-0.15, -0.1) is 0 Å². The Bertz CT molecular complexity index is 327. The molecule has 0 aromatic heterocycles. The summed E-state index contributed by atoms with van der Waals surface area (Å²) in [4.78, 5) is 10.9. The van der Waals surface area contributed by atoms with Crippen LogP contribution in [0.3, 0.4) is 0 Å². The fourth-order valence-corrected chi connectivity index (χ4v) is 2.09. The average molecular weight is 284 g/mol. The summed E-state index contributed by atoms with van der Waals surface area (Å²) in [5.74, 6) is 0.677. The lowest BCUT2D eigenvalue weighted by Crippen LogP contribution is -2.56. The van der Waals surface area contributed by atoms with Gasteiger partial charge in [-0.1, -0.05) is 18.6 Å². The lowest BCUT2D eigenvalue weighted by molar-refractivity contribution is -0.500. The predicted octanol–water partition coefficient (Wildman–Crippen LogP) is 5.01. The monoisotopic (exact) mass is 284 g/mol. The molecule has 20 heavy (non-hydrogen) atoms. The molecule has 0 N–H and O–H groups in total. The molecule has 3 heteroatoms. The van der Waals surface area contributed by atoms with E-state index in [0.717, 1.165) is 19.3 Å². The lowest BCUT2D eigenvalue weighted by atomic mass is 9.89. The van der Waals surface area contributed by atoms with E-state index in [1.165, 1.54) is 12.0 Å². The predicted molar refractivity (Wildman–Crippen MR) is 82.3 cm³/mol. The summed E-state index contributed by atoms with van der Waals surface area (Å²) in [5.41, 5.74) is 0.647. The second kappa shape index (κ2) is 7.06. The van der Waals surface area contributed by atoms with Gasteiger partial charge in [-0.05, 0) is 66.7 Å². The van der Waals surface area contributed by atoms with Crippen LogP contribution in [-0.4, -0.2) is 17.5 Å². The second-order valence-corrected chi connectivity index (χ2v) is 7.29. The molecule has 1 heterocycles. The number of ether oxygens (including phenoxy) is 1. The van der Waals surface area contributed by atoms with Crippen LogP contribution < -0.4 is 0 Å². The van der Waals surface area contributed by atoms with Crippen molar-refractivity contribution in [3.8, 4) is 0 Å². The largest absolute Gasteiger partial charge is 0.341 e. The maximum absolute atomic E-state index is 6.02. The van der Waals surface area contributed by atoms with Gasteiger partial charge >= 0.3 is 0 Å². The van der Waals surface area contributed by atoms with Gasteiger partial charge in [-0.3, -0.25) is 0 Å². The van der Waals surface area contributed by atoms with Crippen molar-refractivity contribution >= 4 is 0 Å². The van der Waals surface area contributed by atoms with E-state index < -0.39 is 5.60 Å². The van der Waals surface area contributed by atoms with E-state index in [2.05, 4.69) is 40.7 Å². The summed E-state index contributed by atoms with van der Waals surface area (Å²) in [6.45, 7) is 14.7. The van der Waals surface area contributed by atoms with Gasteiger partial charge in [0.05, 0.1) is 5.60 Å². The van der Waals surface area contributed by atoms with Crippen molar-refractivity contribution in [1.82, 2.24) is 0 Å². The lowest BCUT2D eigenvalue weighted by Gasteiger charge is -2.46. The molecule has 1 saturated heterocycles. The first-order chi connectivity index (χ1) is 9.14. The molecule has 1 aliphatic heterocycles.